The summed E-state index contributed by atoms with van der Waals surface area (Å²) < 4.78 is 0. The number of aliphatic hydroxyl groups excluding tert-OH is 2. The van der Waals surface area contributed by atoms with Gasteiger partial charge in [0, 0.05) is 0 Å². The SMILES string of the molecule is C[C@H](C[C@@H](C)[C@H]1CC[C@H]2[C@@H]3[C@H](O)C[C@@H]4C[C@H](O)CC[C@]4(C)[C@H]3CC[C@]12C)C(=O)O. The fraction of sp³-hybridized carbons (Fsp3) is 0.960. The minimum absolute atomic E-state index is 0.182. The molecule has 4 nitrogen and oxygen atoms in total. The molecule has 0 aromatic heterocycles. The van der Waals surface area contributed by atoms with Crippen molar-refractivity contribution < 1.29 is 20.1 Å². The van der Waals surface area contributed by atoms with Crippen LogP contribution < -0.4 is 0 Å². The molecule has 166 valence electrons. The molecule has 0 unspecified atom stereocenters. The van der Waals surface area contributed by atoms with Crippen LogP contribution in [-0.2, 0) is 4.79 Å². The lowest BCUT2D eigenvalue weighted by molar-refractivity contribution is -0.174. The molecule has 0 saturated heterocycles. The zero-order chi connectivity index (χ0) is 21.1. The van der Waals surface area contributed by atoms with E-state index in [1.54, 1.807) is 0 Å². The van der Waals surface area contributed by atoms with Crippen LogP contribution in [-0.4, -0.2) is 33.5 Å². The molecule has 0 aromatic rings. The van der Waals surface area contributed by atoms with Crippen LogP contribution in [0.2, 0.25) is 0 Å². The number of rotatable bonds is 4. The first-order valence-electron chi connectivity index (χ1n) is 12.2. The molecule has 4 fully saturated rings. The highest BCUT2D eigenvalue weighted by molar-refractivity contribution is 5.69. The molecule has 4 saturated carbocycles. The van der Waals surface area contributed by atoms with Crippen LogP contribution in [0.3, 0.4) is 0 Å². The van der Waals surface area contributed by atoms with E-state index in [1.165, 1.54) is 25.7 Å². The quantitative estimate of drug-likeness (QED) is 0.631. The summed E-state index contributed by atoms with van der Waals surface area (Å²) in [5, 5.41) is 30.9. The standard InChI is InChI=1S/C25H42O4/c1-14(11-15(2)23(28)29)18-5-6-19-22-20(8-10-25(18,19)4)24(3)9-7-17(26)12-16(24)13-21(22)27/h14-22,26-27H,5-13H2,1-4H3,(H,28,29)/t14-,15-,16+,17-,18-,19+,20+,21-,22+,24+,25-/m1/s1. The minimum atomic E-state index is -0.679. The van der Waals surface area contributed by atoms with Gasteiger partial charge in [-0.3, -0.25) is 4.79 Å². The van der Waals surface area contributed by atoms with Gasteiger partial charge in [-0.15, -0.1) is 0 Å². The van der Waals surface area contributed by atoms with E-state index in [1.807, 2.05) is 6.92 Å². The van der Waals surface area contributed by atoms with Crippen molar-refractivity contribution in [1.82, 2.24) is 0 Å². The van der Waals surface area contributed by atoms with Crippen LogP contribution in [0.4, 0.5) is 0 Å². The van der Waals surface area contributed by atoms with Crippen LogP contribution in [0, 0.1) is 52.3 Å². The Kier molecular flexibility index (Phi) is 5.60. The summed E-state index contributed by atoms with van der Waals surface area (Å²) in [5.41, 5.74) is 0.503. The van der Waals surface area contributed by atoms with Crippen LogP contribution in [0.5, 0.6) is 0 Å². The summed E-state index contributed by atoms with van der Waals surface area (Å²) in [6.07, 6.45) is 8.87. The summed E-state index contributed by atoms with van der Waals surface area (Å²) in [6, 6.07) is 0. The number of hydrogen-bond acceptors (Lipinski definition) is 3. The highest BCUT2D eigenvalue weighted by Crippen LogP contribution is 2.68. The summed E-state index contributed by atoms with van der Waals surface area (Å²) in [7, 11) is 0. The largest absolute Gasteiger partial charge is 0.481 e. The van der Waals surface area contributed by atoms with Crippen LogP contribution >= 0.6 is 0 Å². The lowest BCUT2D eigenvalue weighted by Gasteiger charge is -2.62. The lowest BCUT2D eigenvalue weighted by atomic mass is 9.43. The molecule has 3 N–H and O–H groups in total. The Labute approximate surface area is 176 Å². The van der Waals surface area contributed by atoms with Gasteiger partial charge in [0.2, 0.25) is 0 Å². The summed E-state index contributed by atoms with van der Waals surface area (Å²) in [5.74, 6) is 2.02. The van der Waals surface area contributed by atoms with E-state index in [-0.39, 0.29) is 29.0 Å². The fourth-order valence-corrected chi connectivity index (χ4v) is 9.00. The van der Waals surface area contributed by atoms with E-state index >= 15 is 0 Å². The van der Waals surface area contributed by atoms with Crippen LogP contribution in [0.1, 0.15) is 85.5 Å². The maximum Gasteiger partial charge on any atom is 0.306 e. The van der Waals surface area contributed by atoms with Crippen molar-refractivity contribution in [3.63, 3.8) is 0 Å². The summed E-state index contributed by atoms with van der Waals surface area (Å²) >= 11 is 0. The zero-order valence-electron chi connectivity index (χ0n) is 18.8. The summed E-state index contributed by atoms with van der Waals surface area (Å²) in [4.78, 5) is 11.4. The molecular weight excluding hydrogens is 364 g/mol. The Morgan fingerprint density at radius 3 is 2.31 bits per heavy atom. The van der Waals surface area contributed by atoms with Crippen molar-refractivity contribution in [3.8, 4) is 0 Å². The van der Waals surface area contributed by atoms with Crippen molar-refractivity contribution in [2.24, 2.45) is 52.3 Å². The van der Waals surface area contributed by atoms with E-state index in [0.29, 0.717) is 35.5 Å². The number of carboxylic acid groups (broad SMARTS) is 1. The molecule has 0 radical (unpaired) electrons. The van der Waals surface area contributed by atoms with Crippen molar-refractivity contribution in [2.75, 3.05) is 0 Å². The first-order chi connectivity index (χ1) is 13.6. The molecule has 0 heterocycles. The predicted molar refractivity (Wildman–Crippen MR) is 113 cm³/mol. The maximum absolute atomic E-state index is 11.4. The Balaban J connectivity index is 1.56. The van der Waals surface area contributed by atoms with Crippen LogP contribution in [0.15, 0.2) is 0 Å². The average Bonchev–Trinajstić information content (AvgIpc) is 3.00. The van der Waals surface area contributed by atoms with E-state index in [4.69, 9.17) is 0 Å². The lowest BCUT2D eigenvalue weighted by Crippen LogP contribution is -2.58. The van der Waals surface area contributed by atoms with Gasteiger partial charge in [0.25, 0.3) is 0 Å². The topological polar surface area (TPSA) is 77.8 Å². The predicted octanol–water partition coefficient (Wildman–Crippen LogP) is 4.72. The number of hydrogen-bond donors (Lipinski definition) is 3. The summed E-state index contributed by atoms with van der Waals surface area (Å²) in [6.45, 7) is 9.02. The number of fused-ring (bicyclic) bond motifs is 5. The van der Waals surface area contributed by atoms with Gasteiger partial charge in [-0.05, 0) is 104 Å². The minimum Gasteiger partial charge on any atom is -0.481 e. The number of aliphatic hydroxyl groups is 2. The van der Waals surface area contributed by atoms with E-state index in [9.17, 15) is 20.1 Å². The Hall–Kier alpha value is -0.610. The van der Waals surface area contributed by atoms with Crippen molar-refractivity contribution >= 4 is 5.97 Å². The van der Waals surface area contributed by atoms with Gasteiger partial charge in [0.05, 0.1) is 18.1 Å². The maximum atomic E-state index is 11.4. The van der Waals surface area contributed by atoms with Crippen molar-refractivity contribution in [3.05, 3.63) is 0 Å². The Morgan fingerprint density at radius 1 is 0.966 bits per heavy atom. The Morgan fingerprint density at radius 2 is 1.62 bits per heavy atom. The van der Waals surface area contributed by atoms with Gasteiger partial charge in [0.1, 0.15) is 0 Å². The van der Waals surface area contributed by atoms with Gasteiger partial charge in [-0.2, -0.15) is 0 Å². The molecule has 4 rings (SSSR count). The zero-order valence-corrected chi connectivity index (χ0v) is 18.8. The second-order valence-corrected chi connectivity index (χ2v) is 11.9. The molecule has 29 heavy (non-hydrogen) atoms. The van der Waals surface area contributed by atoms with E-state index in [2.05, 4.69) is 20.8 Å². The van der Waals surface area contributed by atoms with Crippen LogP contribution in [0.25, 0.3) is 0 Å². The molecule has 4 heteroatoms. The highest BCUT2D eigenvalue weighted by atomic mass is 16.4. The van der Waals surface area contributed by atoms with Crippen molar-refractivity contribution in [2.45, 2.75) is 97.7 Å². The van der Waals surface area contributed by atoms with Gasteiger partial charge >= 0.3 is 5.97 Å². The number of aliphatic carboxylic acids is 1. The molecule has 4 aliphatic carbocycles. The van der Waals surface area contributed by atoms with E-state index in [0.717, 1.165) is 32.1 Å². The molecule has 0 spiro atoms. The molecular formula is C25H42O4. The highest BCUT2D eigenvalue weighted by Gasteiger charge is 2.62. The monoisotopic (exact) mass is 406 g/mol. The fourth-order valence-electron chi connectivity index (χ4n) is 9.00. The molecule has 0 amide bonds. The first kappa shape index (κ1) is 21.6. The second-order valence-electron chi connectivity index (χ2n) is 11.9. The van der Waals surface area contributed by atoms with E-state index < -0.39 is 5.97 Å². The molecule has 4 aliphatic rings. The normalized spacial score (nSPS) is 51.4. The van der Waals surface area contributed by atoms with Gasteiger partial charge in [0.15, 0.2) is 0 Å². The number of carboxylic acids is 1. The number of carbonyl (C=O) groups is 1. The third-order valence-corrected chi connectivity index (χ3v) is 10.6. The molecule has 11 atom stereocenters. The molecule has 0 bridgehead atoms. The smallest absolute Gasteiger partial charge is 0.306 e. The average molecular weight is 407 g/mol. The van der Waals surface area contributed by atoms with Gasteiger partial charge in [-0.25, -0.2) is 0 Å². The van der Waals surface area contributed by atoms with Gasteiger partial charge in [-0.1, -0.05) is 27.7 Å². The van der Waals surface area contributed by atoms with Crippen molar-refractivity contribution in [1.29, 1.82) is 0 Å². The third kappa shape index (κ3) is 3.37. The molecule has 0 aromatic carbocycles. The second kappa shape index (κ2) is 7.51. The Bertz CT molecular complexity index is 634. The van der Waals surface area contributed by atoms with Gasteiger partial charge < -0.3 is 15.3 Å². The third-order valence-electron chi connectivity index (χ3n) is 10.6. The first-order valence-corrected chi connectivity index (χ1v) is 12.2. The molecule has 0 aliphatic heterocycles.